The molecule has 2 aromatic rings. The van der Waals surface area contributed by atoms with Crippen LogP contribution in [-0.2, 0) is 6.61 Å². The lowest BCUT2D eigenvalue weighted by atomic mass is 9.79. The van der Waals surface area contributed by atoms with E-state index in [1.165, 1.54) is 0 Å². The molecular formula is C15H17BO4. The van der Waals surface area contributed by atoms with Crippen molar-refractivity contribution in [3.8, 4) is 11.5 Å². The lowest BCUT2D eigenvalue weighted by Gasteiger charge is -2.11. The van der Waals surface area contributed by atoms with Crippen LogP contribution >= 0.6 is 0 Å². The summed E-state index contributed by atoms with van der Waals surface area (Å²) >= 11 is 0. The highest BCUT2D eigenvalue weighted by molar-refractivity contribution is 6.58. The summed E-state index contributed by atoms with van der Waals surface area (Å²) in [5.74, 6) is 1.51. The maximum absolute atomic E-state index is 9.11. The topological polar surface area (TPSA) is 58.9 Å². The van der Waals surface area contributed by atoms with Crippen molar-refractivity contribution in [1.29, 1.82) is 0 Å². The SMILES string of the molecule is COc1cccc(COc2ccc(B(O)O)cc2C)c1. The van der Waals surface area contributed by atoms with Crippen molar-refractivity contribution < 1.29 is 19.5 Å². The Hall–Kier alpha value is -1.98. The first-order valence-corrected chi connectivity index (χ1v) is 6.32. The molecular weight excluding hydrogens is 255 g/mol. The zero-order chi connectivity index (χ0) is 14.5. The number of ether oxygens (including phenoxy) is 2. The molecule has 2 aromatic carbocycles. The maximum atomic E-state index is 9.11. The predicted octanol–water partition coefficient (Wildman–Crippen LogP) is 1.26. The van der Waals surface area contributed by atoms with E-state index >= 15 is 0 Å². The van der Waals surface area contributed by atoms with Crippen LogP contribution in [0.15, 0.2) is 42.5 Å². The van der Waals surface area contributed by atoms with E-state index in [1.807, 2.05) is 31.2 Å². The van der Waals surface area contributed by atoms with E-state index in [0.29, 0.717) is 12.1 Å². The summed E-state index contributed by atoms with van der Waals surface area (Å²) < 4.78 is 10.9. The second-order valence-corrected chi connectivity index (χ2v) is 4.54. The van der Waals surface area contributed by atoms with Gasteiger partial charge in [0.1, 0.15) is 18.1 Å². The van der Waals surface area contributed by atoms with Gasteiger partial charge in [-0.2, -0.15) is 0 Å². The first-order valence-electron chi connectivity index (χ1n) is 6.32. The van der Waals surface area contributed by atoms with Crippen molar-refractivity contribution in [2.75, 3.05) is 7.11 Å². The van der Waals surface area contributed by atoms with Crippen molar-refractivity contribution in [2.45, 2.75) is 13.5 Å². The number of benzene rings is 2. The smallest absolute Gasteiger partial charge is 0.488 e. The van der Waals surface area contributed by atoms with Crippen LogP contribution in [0.1, 0.15) is 11.1 Å². The van der Waals surface area contributed by atoms with Gasteiger partial charge in [0.05, 0.1) is 7.11 Å². The Morgan fingerprint density at radius 2 is 1.90 bits per heavy atom. The van der Waals surface area contributed by atoms with Gasteiger partial charge in [-0.25, -0.2) is 0 Å². The largest absolute Gasteiger partial charge is 0.497 e. The van der Waals surface area contributed by atoms with Gasteiger partial charge in [0, 0.05) is 0 Å². The van der Waals surface area contributed by atoms with Crippen LogP contribution in [-0.4, -0.2) is 24.3 Å². The fraction of sp³-hybridized carbons (Fsp3) is 0.200. The van der Waals surface area contributed by atoms with Crippen LogP contribution < -0.4 is 14.9 Å². The van der Waals surface area contributed by atoms with E-state index in [1.54, 1.807) is 25.3 Å². The van der Waals surface area contributed by atoms with Gasteiger partial charge in [-0.05, 0) is 41.7 Å². The van der Waals surface area contributed by atoms with Crippen LogP contribution in [0.5, 0.6) is 11.5 Å². The summed E-state index contributed by atoms with van der Waals surface area (Å²) in [7, 11) is 0.171. The van der Waals surface area contributed by atoms with E-state index in [-0.39, 0.29) is 0 Å². The number of methoxy groups -OCH3 is 1. The Morgan fingerprint density at radius 3 is 2.55 bits per heavy atom. The molecule has 0 radical (unpaired) electrons. The van der Waals surface area contributed by atoms with Crippen LogP contribution in [0.3, 0.4) is 0 Å². The van der Waals surface area contributed by atoms with Crippen molar-refractivity contribution in [2.24, 2.45) is 0 Å². The molecule has 0 amide bonds. The molecule has 0 aliphatic heterocycles. The third-order valence-electron chi connectivity index (χ3n) is 3.03. The summed E-state index contributed by atoms with van der Waals surface area (Å²) in [6.45, 7) is 2.30. The maximum Gasteiger partial charge on any atom is 0.488 e. The molecule has 0 aliphatic carbocycles. The lowest BCUT2D eigenvalue weighted by Crippen LogP contribution is -2.29. The second kappa shape index (κ2) is 6.46. The molecule has 0 aromatic heterocycles. The van der Waals surface area contributed by atoms with Gasteiger partial charge in [0.15, 0.2) is 0 Å². The fourth-order valence-corrected chi connectivity index (χ4v) is 1.92. The van der Waals surface area contributed by atoms with E-state index < -0.39 is 7.12 Å². The highest BCUT2D eigenvalue weighted by Crippen LogP contribution is 2.19. The molecule has 0 unspecified atom stereocenters. The van der Waals surface area contributed by atoms with Crippen molar-refractivity contribution >= 4 is 12.6 Å². The Labute approximate surface area is 118 Å². The molecule has 0 fully saturated rings. The van der Waals surface area contributed by atoms with E-state index in [0.717, 1.165) is 22.6 Å². The predicted molar refractivity (Wildman–Crippen MR) is 78.3 cm³/mol. The molecule has 2 N–H and O–H groups in total. The molecule has 0 bridgehead atoms. The van der Waals surface area contributed by atoms with Crippen molar-refractivity contribution in [1.82, 2.24) is 0 Å². The zero-order valence-corrected chi connectivity index (χ0v) is 11.5. The normalized spacial score (nSPS) is 10.2. The van der Waals surface area contributed by atoms with Gasteiger partial charge in [-0.3, -0.25) is 0 Å². The highest BCUT2D eigenvalue weighted by atomic mass is 16.5. The molecule has 2 rings (SSSR count). The van der Waals surface area contributed by atoms with Gasteiger partial charge in [-0.15, -0.1) is 0 Å². The average molecular weight is 272 g/mol. The summed E-state index contributed by atoms with van der Waals surface area (Å²) in [5.41, 5.74) is 2.32. The molecule has 20 heavy (non-hydrogen) atoms. The number of hydrogen-bond donors (Lipinski definition) is 2. The van der Waals surface area contributed by atoms with Crippen LogP contribution in [0.4, 0.5) is 0 Å². The molecule has 0 saturated heterocycles. The number of hydrogen-bond acceptors (Lipinski definition) is 4. The summed E-state index contributed by atoms with van der Waals surface area (Å²) in [6.07, 6.45) is 0. The third-order valence-corrected chi connectivity index (χ3v) is 3.03. The fourth-order valence-electron chi connectivity index (χ4n) is 1.92. The lowest BCUT2D eigenvalue weighted by molar-refractivity contribution is 0.303. The molecule has 0 heterocycles. The minimum Gasteiger partial charge on any atom is -0.497 e. The van der Waals surface area contributed by atoms with Crippen LogP contribution in [0.2, 0.25) is 0 Å². The standard InChI is InChI=1S/C15H17BO4/c1-11-8-13(16(17)18)6-7-15(11)20-10-12-4-3-5-14(9-12)19-2/h3-9,17-18H,10H2,1-2H3. The molecule has 0 aliphatic rings. The molecule has 0 spiro atoms. The Balaban J connectivity index is 2.07. The van der Waals surface area contributed by atoms with Crippen molar-refractivity contribution in [3.63, 3.8) is 0 Å². The minimum atomic E-state index is -1.46. The van der Waals surface area contributed by atoms with Gasteiger partial charge in [0.25, 0.3) is 0 Å². The van der Waals surface area contributed by atoms with Crippen LogP contribution in [0.25, 0.3) is 0 Å². The van der Waals surface area contributed by atoms with Crippen LogP contribution in [0, 0.1) is 6.92 Å². The first kappa shape index (κ1) is 14.4. The minimum absolute atomic E-state index is 0.430. The van der Waals surface area contributed by atoms with Gasteiger partial charge < -0.3 is 19.5 Å². The average Bonchev–Trinajstić information content (AvgIpc) is 2.46. The van der Waals surface area contributed by atoms with E-state index in [2.05, 4.69) is 0 Å². The number of rotatable bonds is 5. The first-order chi connectivity index (χ1) is 9.60. The summed E-state index contributed by atoms with van der Waals surface area (Å²) in [4.78, 5) is 0. The van der Waals surface area contributed by atoms with Gasteiger partial charge >= 0.3 is 7.12 Å². The highest BCUT2D eigenvalue weighted by Gasteiger charge is 2.12. The second-order valence-electron chi connectivity index (χ2n) is 4.54. The monoisotopic (exact) mass is 272 g/mol. The zero-order valence-electron chi connectivity index (χ0n) is 11.5. The number of aryl methyl sites for hydroxylation is 1. The molecule has 5 heteroatoms. The van der Waals surface area contributed by atoms with Gasteiger partial charge in [-0.1, -0.05) is 24.3 Å². The Kier molecular flexibility index (Phi) is 4.66. The van der Waals surface area contributed by atoms with Crippen molar-refractivity contribution in [3.05, 3.63) is 53.6 Å². The Bertz CT molecular complexity index is 584. The third kappa shape index (κ3) is 3.53. The molecule has 0 saturated carbocycles. The van der Waals surface area contributed by atoms with E-state index in [9.17, 15) is 0 Å². The summed E-state index contributed by atoms with van der Waals surface area (Å²) in [6, 6.07) is 12.8. The molecule has 4 nitrogen and oxygen atoms in total. The Morgan fingerprint density at radius 1 is 1.10 bits per heavy atom. The quantitative estimate of drug-likeness (QED) is 0.804. The molecule has 104 valence electrons. The van der Waals surface area contributed by atoms with Gasteiger partial charge in [0.2, 0.25) is 0 Å². The molecule has 0 atom stereocenters. The summed E-state index contributed by atoms with van der Waals surface area (Å²) in [5, 5.41) is 18.2. The van der Waals surface area contributed by atoms with E-state index in [4.69, 9.17) is 19.5 Å².